The number of carboxylic acid groups (broad SMARTS) is 1. The second kappa shape index (κ2) is 5.67. The van der Waals surface area contributed by atoms with Gasteiger partial charge in [-0.3, -0.25) is 0 Å². The summed E-state index contributed by atoms with van der Waals surface area (Å²) in [7, 11) is 1.60. The van der Waals surface area contributed by atoms with Crippen LogP contribution < -0.4 is 5.32 Å². The van der Waals surface area contributed by atoms with Gasteiger partial charge in [0.15, 0.2) is 0 Å². The third-order valence-corrected chi connectivity index (χ3v) is 2.36. The van der Waals surface area contributed by atoms with Crippen molar-refractivity contribution in [2.45, 2.75) is 13.0 Å². The number of carbonyl (C=O) groups is 1. The Balaban J connectivity index is 2.75. The van der Waals surface area contributed by atoms with Gasteiger partial charge in [-0.2, -0.15) is 0 Å². The van der Waals surface area contributed by atoms with Gasteiger partial charge in [-0.05, 0) is 13.0 Å². The van der Waals surface area contributed by atoms with Crippen LogP contribution in [0, 0.1) is 0 Å². The summed E-state index contributed by atoms with van der Waals surface area (Å²) in [5.41, 5.74) is 0.0317. The maximum absolute atomic E-state index is 10.8. The number of ether oxygens (including phenoxy) is 1. The summed E-state index contributed by atoms with van der Waals surface area (Å²) >= 11 is 5.69. The number of rotatable bonds is 5. The molecule has 1 unspecified atom stereocenters. The molecule has 0 aliphatic heterocycles. The number of anilines is 1. The van der Waals surface area contributed by atoms with Crippen LogP contribution in [-0.2, 0) is 4.74 Å². The van der Waals surface area contributed by atoms with Crippen molar-refractivity contribution in [2.75, 3.05) is 19.0 Å². The first-order chi connectivity index (χ1) is 7.54. The highest BCUT2D eigenvalue weighted by Gasteiger charge is 2.10. The molecule has 1 aromatic rings. The van der Waals surface area contributed by atoms with Crippen molar-refractivity contribution >= 4 is 23.4 Å². The lowest BCUT2D eigenvalue weighted by Crippen LogP contribution is -2.18. The fraction of sp³-hybridized carbons (Fsp3) is 0.400. The Morgan fingerprint density at radius 1 is 1.75 bits per heavy atom. The summed E-state index contributed by atoms with van der Waals surface area (Å²) in [5.74, 6) is -0.610. The Morgan fingerprint density at radius 2 is 2.44 bits per heavy atom. The molecule has 0 saturated heterocycles. The molecule has 0 aliphatic carbocycles. The van der Waals surface area contributed by atoms with E-state index in [0.717, 1.165) is 0 Å². The topological polar surface area (TPSA) is 71.5 Å². The Bertz CT molecular complexity index is 384. The van der Waals surface area contributed by atoms with Crippen molar-refractivity contribution in [1.29, 1.82) is 0 Å². The molecule has 16 heavy (non-hydrogen) atoms. The van der Waals surface area contributed by atoms with Crippen LogP contribution in [0.15, 0.2) is 12.3 Å². The Labute approximate surface area is 98.4 Å². The second-order valence-electron chi connectivity index (χ2n) is 3.28. The largest absolute Gasteiger partial charge is 0.478 e. The molecule has 0 saturated carbocycles. The van der Waals surface area contributed by atoms with E-state index < -0.39 is 5.97 Å². The summed E-state index contributed by atoms with van der Waals surface area (Å²) in [6.45, 7) is 2.44. The second-order valence-corrected chi connectivity index (χ2v) is 3.69. The molecular weight excluding hydrogens is 232 g/mol. The van der Waals surface area contributed by atoms with Crippen LogP contribution in [0.2, 0.25) is 5.02 Å². The van der Waals surface area contributed by atoms with Crippen molar-refractivity contribution in [3.8, 4) is 0 Å². The van der Waals surface area contributed by atoms with Crippen LogP contribution in [0.4, 0.5) is 5.82 Å². The standard InChI is InChI=1S/C10H13ClN2O3/c1-6(16-2)4-12-9-3-7(10(14)15)8(11)5-13-9/h3,5-6H,4H2,1-2H3,(H,12,13)(H,14,15). The first kappa shape index (κ1) is 12.7. The molecule has 1 atom stereocenters. The van der Waals surface area contributed by atoms with Gasteiger partial charge in [0.1, 0.15) is 5.82 Å². The highest BCUT2D eigenvalue weighted by Crippen LogP contribution is 2.17. The normalized spacial score (nSPS) is 12.2. The highest BCUT2D eigenvalue weighted by molar-refractivity contribution is 6.33. The van der Waals surface area contributed by atoms with E-state index in [1.54, 1.807) is 7.11 Å². The number of methoxy groups -OCH3 is 1. The molecule has 1 heterocycles. The average Bonchev–Trinajstić information content (AvgIpc) is 2.27. The van der Waals surface area contributed by atoms with Crippen molar-refractivity contribution < 1.29 is 14.6 Å². The maximum Gasteiger partial charge on any atom is 0.337 e. The zero-order valence-corrected chi connectivity index (χ0v) is 9.78. The molecule has 2 N–H and O–H groups in total. The molecular formula is C10H13ClN2O3. The van der Waals surface area contributed by atoms with E-state index in [4.69, 9.17) is 21.4 Å². The van der Waals surface area contributed by atoms with E-state index in [9.17, 15) is 4.79 Å². The maximum atomic E-state index is 10.8. The van der Waals surface area contributed by atoms with Gasteiger partial charge < -0.3 is 15.2 Å². The zero-order valence-electron chi connectivity index (χ0n) is 9.03. The number of aromatic carboxylic acids is 1. The Hall–Kier alpha value is -1.33. The van der Waals surface area contributed by atoms with E-state index >= 15 is 0 Å². The third kappa shape index (κ3) is 3.36. The highest BCUT2D eigenvalue weighted by atomic mass is 35.5. The lowest BCUT2D eigenvalue weighted by atomic mass is 10.2. The summed E-state index contributed by atoms with van der Waals surface area (Å²) < 4.78 is 5.04. The van der Waals surface area contributed by atoms with Crippen LogP contribution in [0.5, 0.6) is 0 Å². The average molecular weight is 245 g/mol. The molecule has 0 aromatic carbocycles. The molecule has 0 amide bonds. The van der Waals surface area contributed by atoms with Gasteiger partial charge in [0, 0.05) is 19.9 Å². The number of carboxylic acids is 1. The molecule has 5 nitrogen and oxygen atoms in total. The van der Waals surface area contributed by atoms with Crippen molar-refractivity contribution in [3.63, 3.8) is 0 Å². The van der Waals surface area contributed by atoms with Crippen molar-refractivity contribution in [1.82, 2.24) is 4.98 Å². The van der Waals surface area contributed by atoms with E-state index in [1.165, 1.54) is 12.3 Å². The third-order valence-electron chi connectivity index (χ3n) is 2.06. The summed E-state index contributed by atoms with van der Waals surface area (Å²) in [6.07, 6.45) is 1.33. The number of hydrogen-bond acceptors (Lipinski definition) is 4. The number of aromatic nitrogens is 1. The Morgan fingerprint density at radius 3 is 3.00 bits per heavy atom. The van der Waals surface area contributed by atoms with E-state index in [2.05, 4.69) is 10.3 Å². The lowest BCUT2D eigenvalue weighted by molar-refractivity contribution is 0.0697. The molecule has 0 spiro atoms. The van der Waals surface area contributed by atoms with Gasteiger partial charge >= 0.3 is 5.97 Å². The van der Waals surface area contributed by atoms with Crippen LogP contribution in [0.25, 0.3) is 0 Å². The van der Waals surface area contributed by atoms with E-state index in [1.807, 2.05) is 6.92 Å². The molecule has 0 aliphatic rings. The van der Waals surface area contributed by atoms with Gasteiger partial charge in [0.2, 0.25) is 0 Å². The fourth-order valence-corrected chi connectivity index (χ4v) is 1.22. The molecule has 6 heteroatoms. The minimum Gasteiger partial charge on any atom is -0.478 e. The number of hydrogen-bond donors (Lipinski definition) is 2. The molecule has 1 rings (SSSR count). The molecule has 0 bridgehead atoms. The van der Waals surface area contributed by atoms with Crippen LogP contribution in [0.3, 0.4) is 0 Å². The summed E-state index contributed by atoms with van der Waals surface area (Å²) in [4.78, 5) is 14.8. The Kier molecular flexibility index (Phi) is 4.52. The minimum atomic E-state index is -1.07. The zero-order chi connectivity index (χ0) is 12.1. The SMILES string of the molecule is COC(C)CNc1cc(C(=O)O)c(Cl)cn1. The molecule has 88 valence electrons. The minimum absolute atomic E-state index is 0.0192. The van der Waals surface area contributed by atoms with Gasteiger partial charge in [0.05, 0.1) is 16.7 Å². The van der Waals surface area contributed by atoms with Gasteiger partial charge in [0.25, 0.3) is 0 Å². The van der Waals surface area contributed by atoms with E-state index in [-0.39, 0.29) is 16.7 Å². The quantitative estimate of drug-likeness (QED) is 0.828. The monoisotopic (exact) mass is 244 g/mol. The first-order valence-corrected chi connectivity index (χ1v) is 5.08. The predicted octanol–water partition coefficient (Wildman–Crippen LogP) is 1.88. The molecule has 0 radical (unpaired) electrons. The number of pyridine rings is 1. The van der Waals surface area contributed by atoms with Gasteiger partial charge in [-0.25, -0.2) is 9.78 Å². The van der Waals surface area contributed by atoms with Gasteiger partial charge in [-0.15, -0.1) is 0 Å². The van der Waals surface area contributed by atoms with Crippen LogP contribution in [-0.4, -0.2) is 35.8 Å². The van der Waals surface area contributed by atoms with Crippen molar-refractivity contribution in [2.24, 2.45) is 0 Å². The smallest absolute Gasteiger partial charge is 0.337 e. The molecule has 0 fully saturated rings. The van der Waals surface area contributed by atoms with Gasteiger partial charge in [-0.1, -0.05) is 11.6 Å². The summed E-state index contributed by atoms with van der Waals surface area (Å²) in [6, 6.07) is 1.40. The van der Waals surface area contributed by atoms with Crippen LogP contribution in [0.1, 0.15) is 17.3 Å². The lowest BCUT2D eigenvalue weighted by Gasteiger charge is -2.11. The first-order valence-electron chi connectivity index (χ1n) is 4.70. The fourth-order valence-electron chi connectivity index (χ4n) is 1.03. The predicted molar refractivity (Wildman–Crippen MR) is 61.2 cm³/mol. The number of nitrogens with one attached hydrogen (secondary N) is 1. The number of nitrogens with zero attached hydrogens (tertiary/aromatic N) is 1. The molecule has 1 aromatic heterocycles. The van der Waals surface area contributed by atoms with Crippen molar-refractivity contribution in [3.05, 3.63) is 22.8 Å². The summed E-state index contributed by atoms with van der Waals surface area (Å²) in [5, 5.41) is 11.9. The van der Waals surface area contributed by atoms with Crippen LogP contribution >= 0.6 is 11.6 Å². The number of halogens is 1. The van der Waals surface area contributed by atoms with E-state index in [0.29, 0.717) is 12.4 Å².